The Morgan fingerprint density at radius 1 is 0.917 bits per heavy atom. The number of esters is 1. The van der Waals surface area contributed by atoms with Crippen molar-refractivity contribution < 1.29 is 28.6 Å². The molecule has 1 saturated carbocycles. The SMILES string of the molecule is CCCCOC(=O)C1(OCNC(=O)CNC(=O)OCC2c3ccccc3-c3ccccc32)CCCC1. The predicted octanol–water partition coefficient (Wildman–Crippen LogP) is 4.27. The molecule has 2 N–H and O–H groups in total. The molecule has 0 aliphatic heterocycles. The van der Waals surface area contributed by atoms with Crippen molar-refractivity contribution in [2.24, 2.45) is 0 Å². The molecule has 2 aromatic carbocycles. The van der Waals surface area contributed by atoms with Gasteiger partial charge in [0.05, 0.1) is 6.61 Å². The van der Waals surface area contributed by atoms with Gasteiger partial charge in [-0.2, -0.15) is 0 Å². The van der Waals surface area contributed by atoms with Crippen LogP contribution in [0.25, 0.3) is 11.1 Å². The standard InChI is InChI=1S/C28H34N2O6/c1-2-3-16-34-26(32)28(14-8-9-15-28)36-19-30-25(31)17-29-27(33)35-18-24-22-12-6-4-10-20(22)21-11-5-7-13-23(21)24/h4-7,10-13,24H,2-3,8-9,14-19H2,1H3,(H,29,33)(H,30,31). The highest BCUT2D eigenvalue weighted by atomic mass is 16.6. The van der Waals surface area contributed by atoms with E-state index in [0.717, 1.165) is 47.9 Å². The van der Waals surface area contributed by atoms with E-state index in [2.05, 4.69) is 22.8 Å². The lowest BCUT2D eigenvalue weighted by molar-refractivity contribution is -0.174. The van der Waals surface area contributed by atoms with Gasteiger partial charge in [-0.25, -0.2) is 9.59 Å². The molecular weight excluding hydrogens is 460 g/mol. The number of nitrogens with one attached hydrogen (secondary N) is 2. The summed E-state index contributed by atoms with van der Waals surface area (Å²) in [5, 5.41) is 5.07. The van der Waals surface area contributed by atoms with Crippen molar-refractivity contribution in [3.63, 3.8) is 0 Å². The molecule has 2 aliphatic rings. The summed E-state index contributed by atoms with van der Waals surface area (Å²) in [6.07, 6.45) is 3.98. The number of carbonyl (C=O) groups excluding carboxylic acids is 3. The highest BCUT2D eigenvalue weighted by Gasteiger charge is 2.44. The smallest absolute Gasteiger partial charge is 0.407 e. The fraction of sp³-hybridized carbons (Fsp3) is 0.464. The lowest BCUT2D eigenvalue weighted by Gasteiger charge is -2.27. The molecule has 0 heterocycles. The molecule has 36 heavy (non-hydrogen) atoms. The molecular formula is C28H34N2O6. The summed E-state index contributed by atoms with van der Waals surface area (Å²) in [5.74, 6) is -0.847. The number of hydrogen-bond acceptors (Lipinski definition) is 6. The summed E-state index contributed by atoms with van der Waals surface area (Å²) in [4.78, 5) is 37.0. The van der Waals surface area contributed by atoms with Crippen LogP contribution in [0.1, 0.15) is 62.5 Å². The van der Waals surface area contributed by atoms with Gasteiger partial charge in [0.15, 0.2) is 5.60 Å². The lowest BCUT2D eigenvalue weighted by Crippen LogP contribution is -2.45. The molecule has 2 aromatic rings. The van der Waals surface area contributed by atoms with Gasteiger partial charge in [0.25, 0.3) is 0 Å². The summed E-state index contributed by atoms with van der Waals surface area (Å²) in [6, 6.07) is 16.2. The third kappa shape index (κ3) is 5.87. The molecule has 0 aromatic heterocycles. The molecule has 8 heteroatoms. The third-order valence-corrected chi connectivity index (χ3v) is 6.87. The second kappa shape index (κ2) is 12.0. The highest BCUT2D eigenvalue weighted by Crippen LogP contribution is 2.44. The van der Waals surface area contributed by atoms with Crippen LogP contribution in [0, 0.1) is 0 Å². The lowest BCUT2D eigenvalue weighted by atomic mass is 9.98. The van der Waals surface area contributed by atoms with Crippen molar-refractivity contribution >= 4 is 18.0 Å². The average molecular weight is 495 g/mol. The second-order valence-electron chi connectivity index (χ2n) is 9.26. The van der Waals surface area contributed by atoms with Gasteiger partial charge in [0.2, 0.25) is 5.91 Å². The number of amides is 2. The molecule has 4 rings (SSSR count). The van der Waals surface area contributed by atoms with Crippen molar-refractivity contribution in [2.45, 2.75) is 57.0 Å². The van der Waals surface area contributed by atoms with E-state index in [4.69, 9.17) is 14.2 Å². The zero-order valence-corrected chi connectivity index (χ0v) is 20.7. The molecule has 8 nitrogen and oxygen atoms in total. The molecule has 0 saturated heterocycles. The first kappa shape index (κ1) is 25.7. The zero-order valence-electron chi connectivity index (χ0n) is 20.7. The Morgan fingerprint density at radius 2 is 1.56 bits per heavy atom. The minimum absolute atomic E-state index is 0.0509. The van der Waals surface area contributed by atoms with Gasteiger partial charge in [-0.1, -0.05) is 61.9 Å². The van der Waals surface area contributed by atoms with Gasteiger partial charge in [-0.15, -0.1) is 0 Å². The van der Waals surface area contributed by atoms with Crippen LogP contribution in [-0.2, 0) is 23.8 Å². The Balaban J connectivity index is 1.20. The van der Waals surface area contributed by atoms with Gasteiger partial charge in [0, 0.05) is 5.92 Å². The van der Waals surface area contributed by atoms with E-state index in [0.29, 0.717) is 19.4 Å². The molecule has 0 radical (unpaired) electrons. The van der Waals surface area contributed by atoms with E-state index in [-0.39, 0.29) is 31.8 Å². The zero-order chi connectivity index (χ0) is 25.4. The molecule has 192 valence electrons. The number of benzene rings is 2. The molecule has 2 amide bonds. The van der Waals surface area contributed by atoms with Crippen LogP contribution in [0.3, 0.4) is 0 Å². The fourth-order valence-corrected chi connectivity index (χ4v) is 4.91. The van der Waals surface area contributed by atoms with Crippen LogP contribution in [0.2, 0.25) is 0 Å². The Morgan fingerprint density at radius 3 is 2.19 bits per heavy atom. The number of alkyl carbamates (subject to hydrolysis) is 1. The summed E-state index contributed by atoms with van der Waals surface area (Å²) in [5.41, 5.74) is 3.54. The molecule has 0 unspecified atom stereocenters. The molecule has 0 spiro atoms. The van der Waals surface area contributed by atoms with E-state index in [1.165, 1.54) is 0 Å². The maximum Gasteiger partial charge on any atom is 0.407 e. The number of rotatable bonds is 11. The number of unbranched alkanes of at least 4 members (excludes halogenated alkanes) is 1. The van der Waals surface area contributed by atoms with Gasteiger partial charge in [-0.3, -0.25) is 4.79 Å². The number of fused-ring (bicyclic) bond motifs is 3. The van der Waals surface area contributed by atoms with E-state index in [1.807, 2.05) is 43.3 Å². The topological polar surface area (TPSA) is 103 Å². The van der Waals surface area contributed by atoms with Gasteiger partial charge in [0.1, 0.15) is 19.9 Å². The first-order valence-corrected chi connectivity index (χ1v) is 12.7. The van der Waals surface area contributed by atoms with Gasteiger partial charge < -0.3 is 24.8 Å². The van der Waals surface area contributed by atoms with Gasteiger partial charge in [-0.05, 0) is 54.4 Å². The Labute approximate surface area is 211 Å². The van der Waals surface area contributed by atoms with E-state index < -0.39 is 17.6 Å². The van der Waals surface area contributed by atoms with Crippen molar-refractivity contribution in [3.8, 4) is 11.1 Å². The number of hydrogen-bond donors (Lipinski definition) is 2. The average Bonchev–Trinajstić information content (AvgIpc) is 3.50. The molecule has 0 atom stereocenters. The van der Waals surface area contributed by atoms with E-state index in [9.17, 15) is 14.4 Å². The normalized spacial score (nSPS) is 15.6. The Kier molecular flexibility index (Phi) is 8.59. The van der Waals surface area contributed by atoms with Crippen molar-refractivity contribution in [1.29, 1.82) is 0 Å². The predicted molar refractivity (Wildman–Crippen MR) is 134 cm³/mol. The first-order chi connectivity index (χ1) is 17.5. The van der Waals surface area contributed by atoms with Crippen LogP contribution >= 0.6 is 0 Å². The van der Waals surface area contributed by atoms with Crippen molar-refractivity contribution in [3.05, 3.63) is 59.7 Å². The molecule has 1 fully saturated rings. The largest absolute Gasteiger partial charge is 0.464 e. The summed E-state index contributed by atoms with van der Waals surface area (Å²) in [7, 11) is 0. The summed E-state index contributed by atoms with van der Waals surface area (Å²) >= 11 is 0. The third-order valence-electron chi connectivity index (χ3n) is 6.87. The van der Waals surface area contributed by atoms with E-state index in [1.54, 1.807) is 0 Å². The second-order valence-corrected chi connectivity index (χ2v) is 9.26. The van der Waals surface area contributed by atoms with E-state index >= 15 is 0 Å². The maximum absolute atomic E-state index is 12.5. The molecule has 0 bridgehead atoms. The van der Waals surface area contributed by atoms with Crippen LogP contribution in [0.15, 0.2) is 48.5 Å². The number of carbonyl (C=O) groups is 3. The number of ether oxygens (including phenoxy) is 3. The van der Waals surface area contributed by atoms with Crippen molar-refractivity contribution in [2.75, 3.05) is 26.5 Å². The summed E-state index contributed by atoms with van der Waals surface area (Å²) < 4.78 is 16.6. The highest BCUT2D eigenvalue weighted by molar-refractivity contribution is 5.83. The minimum Gasteiger partial charge on any atom is -0.464 e. The Bertz CT molecular complexity index is 1030. The van der Waals surface area contributed by atoms with Crippen LogP contribution in [-0.4, -0.2) is 50.1 Å². The summed E-state index contributed by atoms with van der Waals surface area (Å²) in [6.45, 7) is 2.19. The van der Waals surface area contributed by atoms with Gasteiger partial charge >= 0.3 is 12.1 Å². The minimum atomic E-state index is -0.999. The monoisotopic (exact) mass is 494 g/mol. The van der Waals surface area contributed by atoms with Crippen LogP contribution in [0.4, 0.5) is 4.79 Å². The molecule has 2 aliphatic carbocycles. The quantitative estimate of drug-likeness (QED) is 0.275. The first-order valence-electron chi connectivity index (χ1n) is 12.7. The maximum atomic E-state index is 12.5. The Hall–Kier alpha value is -3.39. The fourth-order valence-electron chi connectivity index (χ4n) is 4.91. The van der Waals surface area contributed by atoms with Crippen LogP contribution in [0.5, 0.6) is 0 Å². The van der Waals surface area contributed by atoms with Crippen molar-refractivity contribution in [1.82, 2.24) is 10.6 Å². The van der Waals surface area contributed by atoms with Crippen LogP contribution < -0.4 is 10.6 Å².